The van der Waals surface area contributed by atoms with Gasteiger partial charge in [-0.25, -0.2) is 9.89 Å². The number of rotatable bonds is 5. The maximum Gasteiger partial charge on any atom is 0.343 e. The normalized spacial score (nSPS) is 10.7. The van der Waals surface area contributed by atoms with Crippen molar-refractivity contribution in [2.24, 2.45) is 0 Å². The van der Waals surface area contributed by atoms with E-state index < -0.39 is 0 Å². The van der Waals surface area contributed by atoms with Crippen molar-refractivity contribution in [3.8, 4) is 0 Å². The van der Waals surface area contributed by atoms with Crippen LogP contribution in [-0.2, 0) is 6.54 Å². The molecule has 2 heterocycles. The summed E-state index contributed by atoms with van der Waals surface area (Å²) in [5.41, 5.74) is -0.267. The Labute approximate surface area is 118 Å². The van der Waals surface area contributed by atoms with E-state index in [0.717, 1.165) is 11.8 Å². The van der Waals surface area contributed by atoms with Gasteiger partial charge in [0, 0.05) is 13.1 Å². The lowest BCUT2D eigenvalue weighted by Gasteiger charge is -2.04. The molecule has 2 aromatic heterocycles. The van der Waals surface area contributed by atoms with Crippen molar-refractivity contribution in [3.05, 3.63) is 15.8 Å². The molecule has 0 fully saturated rings. The Morgan fingerprint density at radius 1 is 1.37 bits per heavy atom. The number of aromatic amines is 1. The van der Waals surface area contributed by atoms with Crippen LogP contribution in [0.5, 0.6) is 0 Å². The molecule has 0 aliphatic rings. The highest BCUT2D eigenvalue weighted by atomic mass is 35.5. The summed E-state index contributed by atoms with van der Waals surface area (Å²) in [6.45, 7) is 4.96. The van der Waals surface area contributed by atoms with Crippen molar-refractivity contribution in [1.82, 2.24) is 29.7 Å². The second-order valence-electron chi connectivity index (χ2n) is 3.40. The van der Waals surface area contributed by atoms with E-state index in [4.69, 9.17) is 11.6 Å². The molecular formula is C9H12ClN7OS. The summed E-state index contributed by atoms with van der Waals surface area (Å²) in [5.74, 6) is 0.394. The van der Waals surface area contributed by atoms with Crippen LogP contribution in [0.15, 0.2) is 15.1 Å². The van der Waals surface area contributed by atoms with E-state index in [-0.39, 0.29) is 11.0 Å². The second kappa shape index (κ2) is 6.02. The highest BCUT2D eigenvalue weighted by molar-refractivity contribution is 7.99. The van der Waals surface area contributed by atoms with Crippen molar-refractivity contribution in [3.63, 3.8) is 0 Å². The lowest BCUT2D eigenvalue weighted by molar-refractivity contribution is 0.659. The molecule has 0 amide bonds. The summed E-state index contributed by atoms with van der Waals surface area (Å²) in [4.78, 5) is 23.5. The molecule has 19 heavy (non-hydrogen) atoms. The molecule has 2 aromatic rings. The van der Waals surface area contributed by atoms with Crippen LogP contribution in [-0.4, -0.2) is 36.3 Å². The van der Waals surface area contributed by atoms with Gasteiger partial charge in [0.25, 0.3) is 0 Å². The Bertz CT molecular complexity index is 625. The summed E-state index contributed by atoms with van der Waals surface area (Å²) < 4.78 is 1.48. The lowest BCUT2D eigenvalue weighted by Crippen LogP contribution is -2.16. The SMILES string of the molecule is CCNc1nc(Cl)nc(Sc2n[nH]c(=O)n2CC)n1. The predicted molar refractivity (Wildman–Crippen MR) is 71.6 cm³/mol. The molecule has 0 aliphatic carbocycles. The molecule has 0 radical (unpaired) electrons. The van der Waals surface area contributed by atoms with Crippen LogP contribution in [0.1, 0.15) is 13.8 Å². The molecular weight excluding hydrogens is 290 g/mol. The molecule has 0 spiro atoms. The van der Waals surface area contributed by atoms with Crippen LogP contribution < -0.4 is 11.0 Å². The average molecular weight is 302 g/mol. The van der Waals surface area contributed by atoms with E-state index in [2.05, 4.69) is 30.5 Å². The van der Waals surface area contributed by atoms with Gasteiger partial charge in [0.15, 0.2) is 5.16 Å². The van der Waals surface area contributed by atoms with Crippen molar-refractivity contribution in [2.75, 3.05) is 11.9 Å². The number of hydrogen-bond acceptors (Lipinski definition) is 7. The topological polar surface area (TPSA) is 101 Å². The van der Waals surface area contributed by atoms with E-state index in [1.807, 2.05) is 13.8 Å². The zero-order chi connectivity index (χ0) is 13.8. The van der Waals surface area contributed by atoms with E-state index in [1.54, 1.807) is 0 Å². The van der Waals surface area contributed by atoms with Gasteiger partial charge in [-0.05, 0) is 37.2 Å². The van der Waals surface area contributed by atoms with Crippen LogP contribution in [0.4, 0.5) is 5.95 Å². The highest BCUT2D eigenvalue weighted by Gasteiger charge is 2.12. The molecule has 8 nitrogen and oxygen atoms in total. The largest absolute Gasteiger partial charge is 0.354 e. The maximum atomic E-state index is 11.4. The number of nitrogens with one attached hydrogen (secondary N) is 2. The van der Waals surface area contributed by atoms with Crippen LogP contribution in [0.25, 0.3) is 0 Å². The van der Waals surface area contributed by atoms with Crippen LogP contribution in [0.2, 0.25) is 5.28 Å². The minimum Gasteiger partial charge on any atom is -0.354 e. The van der Waals surface area contributed by atoms with Gasteiger partial charge < -0.3 is 5.32 Å². The zero-order valence-electron chi connectivity index (χ0n) is 10.3. The average Bonchev–Trinajstić information content (AvgIpc) is 2.69. The molecule has 0 atom stereocenters. The first-order valence-electron chi connectivity index (χ1n) is 5.62. The van der Waals surface area contributed by atoms with Gasteiger partial charge in [0.1, 0.15) is 0 Å². The zero-order valence-corrected chi connectivity index (χ0v) is 11.9. The van der Waals surface area contributed by atoms with Gasteiger partial charge in [0.2, 0.25) is 16.4 Å². The first-order chi connectivity index (χ1) is 9.13. The van der Waals surface area contributed by atoms with Crippen molar-refractivity contribution in [2.45, 2.75) is 30.7 Å². The quantitative estimate of drug-likeness (QED) is 0.850. The van der Waals surface area contributed by atoms with Gasteiger partial charge >= 0.3 is 5.69 Å². The van der Waals surface area contributed by atoms with Crippen molar-refractivity contribution < 1.29 is 0 Å². The molecule has 0 aliphatic heterocycles. The molecule has 0 unspecified atom stereocenters. The number of hydrogen-bond donors (Lipinski definition) is 2. The van der Waals surface area contributed by atoms with E-state index in [0.29, 0.717) is 29.4 Å². The maximum absolute atomic E-state index is 11.4. The smallest absolute Gasteiger partial charge is 0.343 e. The number of halogens is 1. The minimum absolute atomic E-state index is 0.0920. The predicted octanol–water partition coefficient (Wildman–Crippen LogP) is 1.01. The summed E-state index contributed by atoms with van der Waals surface area (Å²) in [6.07, 6.45) is 0. The highest BCUT2D eigenvalue weighted by Crippen LogP contribution is 2.23. The third-order valence-electron chi connectivity index (χ3n) is 2.14. The number of aromatic nitrogens is 6. The minimum atomic E-state index is -0.267. The Morgan fingerprint density at radius 2 is 2.16 bits per heavy atom. The van der Waals surface area contributed by atoms with Gasteiger partial charge in [-0.15, -0.1) is 5.10 Å². The molecule has 2 rings (SSSR count). The molecule has 10 heteroatoms. The molecule has 2 N–H and O–H groups in total. The number of nitrogens with zero attached hydrogens (tertiary/aromatic N) is 5. The van der Waals surface area contributed by atoms with Crippen molar-refractivity contribution in [1.29, 1.82) is 0 Å². The Balaban J connectivity index is 2.29. The first-order valence-corrected chi connectivity index (χ1v) is 6.82. The van der Waals surface area contributed by atoms with Crippen LogP contribution in [0.3, 0.4) is 0 Å². The molecule has 0 aromatic carbocycles. The molecule has 0 saturated carbocycles. The molecule has 0 saturated heterocycles. The third-order valence-corrected chi connectivity index (χ3v) is 3.17. The second-order valence-corrected chi connectivity index (χ2v) is 4.67. The molecule has 102 valence electrons. The molecule has 0 bridgehead atoms. The van der Waals surface area contributed by atoms with E-state index in [9.17, 15) is 4.79 Å². The number of anilines is 1. The summed E-state index contributed by atoms with van der Waals surface area (Å²) in [7, 11) is 0. The standard InChI is InChI=1S/C9H12ClN7OS/c1-3-11-6-12-5(10)13-7(14-6)19-9-16-15-8(18)17(9)4-2/h3-4H2,1-2H3,(H,15,18)(H,11,12,13,14). The van der Waals surface area contributed by atoms with Gasteiger partial charge in [-0.3, -0.25) is 4.57 Å². The van der Waals surface area contributed by atoms with Crippen molar-refractivity contribution >= 4 is 29.3 Å². The van der Waals surface area contributed by atoms with Crippen LogP contribution in [0, 0.1) is 0 Å². The third kappa shape index (κ3) is 3.24. The summed E-state index contributed by atoms with van der Waals surface area (Å²) in [6, 6.07) is 0. The Kier molecular flexibility index (Phi) is 4.38. The Hall–Kier alpha value is -1.61. The van der Waals surface area contributed by atoms with Crippen LogP contribution >= 0.6 is 23.4 Å². The fraction of sp³-hybridized carbons (Fsp3) is 0.444. The monoisotopic (exact) mass is 301 g/mol. The number of H-pyrrole nitrogens is 1. The Morgan fingerprint density at radius 3 is 2.84 bits per heavy atom. The first kappa shape index (κ1) is 13.8. The summed E-state index contributed by atoms with van der Waals surface area (Å²) >= 11 is 6.97. The lowest BCUT2D eigenvalue weighted by atomic mass is 10.7. The van der Waals surface area contributed by atoms with Gasteiger partial charge in [0.05, 0.1) is 0 Å². The summed E-state index contributed by atoms with van der Waals surface area (Å²) in [5, 5.41) is 10.2. The van der Waals surface area contributed by atoms with Gasteiger partial charge in [-0.1, -0.05) is 0 Å². The van der Waals surface area contributed by atoms with E-state index in [1.165, 1.54) is 4.57 Å². The fourth-order valence-electron chi connectivity index (χ4n) is 1.36. The van der Waals surface area contributed by atoms with Gasteiger partial charge in [-0.2, -0.15) is 15.0 Å². The fourth-order valence-corrected chi connectivity index (χ4v) is 2.41. The van der Waals surface area contributed by atoms with E-state index >= 15 is 0 Å².